The number of oxime groups is 1. The van der Waals surface area contributed by atoms with Gasteiger partial charge >= 0.3 is 0 Å². The Labute approximate surface area is 109 Å². The van der Waals surface area contributed by atoms with Gasteiger partial charge in [0.05, 0.1) is 5.92 Å². The Morgan fingerprint density at radius 1 is 1.33 bits per heavy atom. The van der Waals surface area contributed by atoms with Crippen LogP contribution in [0.5, 0.6) is 0 Å². The minimum absolute atomic E-state index is 0.0715. The van der Waals surface area contributed by atoms with Gasteiger partial charge in [-0.3, -0.25) is 0 Å². The molecule has 1 aromatic rings. The minimum Gasteiger partial charge on any atom is -0.409 e. The molecular formula is C14H23N3O. The average molecular weight is 249 g/mol. The largest absolute Gasteiger partial charge is 0.409 e. The predicted octanol–water partition coefficient (Wildman–Crippen LogP) is 2.30. The van der Waals surface area contributed by atoms with Gasteiger partial charge in [-0.1, -0.05) is 55.3 Å². The summed E-state index contributed by atoms with van der Waals surface area (Å²) in [6.07, 6.45) is 3.60. The van der Waals surface area contributed by atoms with Crippen LogP contribution in [-0.4, -0.2) is 24.1 Å². The maximum atomic E-state index is 8.84. The van der Waals surface area contributed by atoms with Gasteiger partial charge in [0.25, 0.3) is 0 Å². The summed E-state index contributed by atoms with van der Waals surface area (Å²) < 4.78 is 0. The van der Waals surface area contributed by atoms with E-state index >= 15 is 0 Å². The van der Waals surface area contributed by atoms with Crippen LogP contribution in [0.25, 0.3) is 0 Å². The van der Waals surface area contributed by atoms with Crippen molar-refractivity contribution in [2.75, 3.05) is 13.1 Å². The van der Waals surface area contributed by atoms with Gasteiger partial charge in [0.2, 0.25) is 0 Å². The summed E-state index contributed by atoms with van der Waals surface area (Å²) in [5, 5.41) is 15.3. The fourth-order valence-electron chi connectivity index (χ4n) is 1.89. The van der Waals surface area contributed by atoms with E-state index in [2.05, 4.69) is 17.4 Å². The van der Waals surface area contributed by atoms with Gasteiger partial charge in [-0.15, -0.1) is 0 Å². The first-order valence-electron chi connectivity index (χ1n) is 6.52. The van der Waals surface area contributed by atoms with E-state index < -0.39 is 0 Å². The van der Waals surface area contributed by atoms with Crippen LogP contribution in [0.1, 0.15) is 37.7 Å². The van der Waals surface area contributed by atoms with Crippen molar-refractivity contribution in [2.45, 2.75) is 32.1 Å². The molecule has 0 saturated carbocycles. The van der Waals surface area contributed by atoms with E-state index in [9.17, 15) is 0 Å². The molecule has 0 bridgehead atoms. The van der Waals surface area contributed by atoms with Gasteiger partial charge < -0.3 is 16.3 Å². The third kappa shape index (κ3) is 4.75. The maximum absolute atomic E-state index is 8.84. The normalized spacial score (nSPS) is 13.5. The number of unbranched alkanes of at least 4 members (excludes halogenated alkanes) is 2. The molecule has 4 nitrogen and oxygen atoms in total. The molecule has 1 unspecified atom stereocenters. The Morgan fingerprint density at radius 3 is 2.67 bits per heavy atom. The zero-order valence-electron chi connectivity index (χ0n) is 11.0. The molecule has 1 aromatic carbocycles. The molecule has 0 aliphatic carbocycles. The van der Waals surface area contributed by atoms with Gasteiger partial charge in [0.1, 0.15) is 5.84 Å². The quantitative estimate of drug-likeness (QED) is 0.218. The van der Waals surface area contributed by atoms with Crippen molar-refractivity contribution in [2.24, 2.45) is 10.9 Å². The predicted molar refractivity (Wildman–Crippen MR) is 75.0 cm³/mol. The molecule has 100 valence electrons. The Balaban J connectivity index is 2.53. The van der Waals surface area contributed by atoms with Crippen molar-refractivity contribution >= 4 is 5.84 Å². The van der Waals surface area contributed by atoms with E-state index in [4.69, 9.17) is 10.9 Å². The number of hydrogen-bond donors (Lipinski definition) is 3. The first-order valence-corrected chi connectivity index (χ1v) is 6.52. The Kier molecular flexibility index (Phi) is 6.87. The second-order valence-corrected chi connectivity index (χ2v) is 4.40. The Morgan fingerprint density at radius 2 is 2.06 bits per heavy atom. The van der Waals surface area contributed by atoms with Crippen LogP contribution in [0.15, 0.2) is 35.5 Å². The standard InChI is InChI=1S/C14H23N3O/c1-2-3-7-10-16-11-13(14(15)17-18)12-8-5-4-6-9-12/h4-6,8-9,13,16,18H,2-3,7,10-11H2,1H3,(H2,15,17). The summed E-state index contributed by atoms with van der Waals surface area (Å²) in [5.41, 5.74) is 6.82. The molecule has 18 heavy (non-hydrogen) atoms. The summed E-state index contributed by atoms with van der Waals surface area (Å²) in [6.45, 7) is 3.85. The summed E-state index contributed by atoms with van der Waals surface area (Å²) in [5.74, 6) is 0.182. The van der Waals surface area contributed by atoms with Crippen LogP contribution in [0.3, 0.4) is 0 Å². The minimum atomic E-state index is -0.0715. The maximum Gasteiger partial charge on any atom is 0.147 e. The number of rotatable bonds is 8. The van der Waals surface area contributed by atoms with Crippen molar-refractivity contribution in [3.05, 3.63) is 35.9 Å². The molecule has 1 rings (SSSR count). The molecule has 4 N–H and O–H groups in total. The molecule has 0 heterocycles. The highest BCUT2D eigenvalue weighted by molar-refractivity contribution is 5.87. The smallest absolute Gasteiger partial charge is 0.147 e. The molecule has 1 atom stereocenters. The molecule has 0 aliphatic rings. The van der Waals surface area contributed by atoms with Crippen LogP contribution in [0, 0.1) is 0 Å². The molecule has 0 saturated heterocycles. The topological polar surface area (TPSA) is 70.6 Å². The molecular weight excluding hydrogens is 226 g/mol. The van der Waals surface area contributed by atoms with Crippen molar-refractivity contribution < 1.29 is 5.21 Å². The van der Waals surface area contributed by atoms with Crippen LogP contribution in [0.4, 0.5) is 0 Å². The highest BCUT2D eigenvalue weighted by atomic mass is 16.4. The molecule has 0 fully saturated rings. The van der Waals surface area contributed by atoms with Crippen molar-refractivity contribution in [3.8, 4) is 0 Å². The lowest BCUT2D eigenvalue weighted by Crippen LogP contribution is -2.32. The van der Waals surface area contributed by atoms with Crippen molar-refractivity contribution in [1.82, 2.24) is 5.32 Å². The summed E-state index contributed by atoms with van der Waals surface area (Å²) in [7, 11) is 0. The van der Waals surface area contributed by atoms with Crippen molar-refractivity contribution in [3.63, 3.8) is 0 Å². The number of hydrogen-bond acceptors (Lipinski definition) is 3. The molecule has 0 spiro atoms. The van der Waals surface area contributed by atoms with Crippen LogP contribution < -0.4 is 11.1 Å². The number of nitrogens with two attached hydrogens (primary N) is 1. The van der Waals surface area contributed by atoms with E-state index in [-0.39, 0.29) is 11.8 Å². The van der Waals surface area contributed by atoms with Crippen LogP contribution in [0.2, 0.25) is 0 Å². The molecule has 0 radical (unpaired) electrons. The molecule has 0 aromatic heterocycles. The Hall–Kier alpha value is -1.55. The summed E-state index contributed by atoms with van der Waals surface area (Å²) >= 11 is 0. The summed E-state index contributed by atoms with van der Waals surface area (Å²) in [6, 6.07) is 9.88. The lowest BCUT2D eigenvalue weighted by atomic mass is 9.98. The number of amidine groups is 1. The van der Waals surface area contributed by atoms with E-state index in [1.807, 2.05) is 30.3 Å². The highest BCUT2D eigenvalue weighted by Crippen LogP contribution is 2.14. The van der Waals surface area contributed by atoms with Gasteiger partial charge in [0, 0.05) is 6.54 Å². The zero-order valence-corrected chi connectivity index (χ0v) is 11.0. The zero-order chi connectivity index (χ0) is 13.2. The lowest BCUT2D eigenvalue weighted by molar-refractivity contribution is 0.315. The van der Waals surface area contributed by atoms with Gasteiger partial charge in [-0.25, -0.2) is 0 Å². The second-order valence-electron chi connectivity index (χ2n) is 4.40. The number of benzene rings is 1. The molecule has 0 amide bonds. The van der Waals surface area contributed by atoms with E-state index in [1.165, 1.54) is 12.8 Å². The van der Waals surface area contributed by atoms with E-state index in [0.29, 0.717) is 6.54 Å². The average Bonchev–Trinajstić information content (AvgIpc) is 2.43. The molecule has 0 aliphatic heterocycles. The SMILES string of the molecule is CCCCCNCC(C(N)=NO)c1ccccc1. The highest BCUT2D eigenvalue weighted by Gasteiger charge is 2.15. The lowest BCUT2D eigenvalue weighted by Gasteiger charge is -2.16. The Bertz CT molecular complexity index is 351. The van der Waals surface area contributed by atoms with Gasteiger partial charge in [-0.2, -0.15) is 0 Å². The van der Waals surface area contributed by atoms with Gasteiger partial charge in [0.15, 0.2) is 0 Å². The third-order valence-electron chi connectivity index (χ3n) is 2.98. The van der Waals surface area contributed by atoms with Gasteiger partial charge in [-0.05, 0) is 18.5 Å². The number of nitrogens with one attached hydrogen (secondary N) is 1. The van der Waals surface area contributed by atoms with Crippen molar-refractivity contribution in [1.29, 1.82) is 0 Å². The van der Waals surface area contributed by atoms with E-state index in [1.54, 1.807) is 0 Å². The summed E-state index contributed by atoms with van der Waals surface area (Å²) in [4.78, 5) is 0. The monoisotopic (exact) mass is 249 g/mol. The first kappa shape index (κ1) is 14.5. The van der Waals surface area contributed by atoms with E-state index in [0.717, 1.165) is 18.5 Å². The second kappa shape index (κ2) is 8.53. The molecule has 4 heteroatoms. The number of nitrogens with zero attached hydrogens (tertiary/aromatic N) is 1. The first-order chi connectivity index (χ1) is 8.79. The third-order valence-corrected chi connectivity index (χ3v) is 2.98. The fraction of sp³-hybridized carbons (Fsp3) is 0.500. The van der Waals surface area contributed by atoms with Crippen LogP contribution in [-0.2, 0) is 0 Å². The van der Waals surface area contributed by atoms with Crippen LogP contribution >= 0.6 is 0 Å². The fourth-order valence-corrected chi connectivity index (χ4v) is 1.89.